The third-order valence-electron chi connectivity index (χ3n) is 5.02. The summed E-state index contributed by atoms with van der Waals surface area (Å²) in [6.07, 6.45) is 0.552. The molecule has 2 heterocycles. The van der Waals surface area contributed by atoms with Crippen molar-refractivity contribution in [2.24, 2.45) is 5.92 Å². The predicted molar refractivity (Wildman–Crippen MR) is 81.0 cm³/mol. The van der Waals surface area contributed by atoms with E-state index in [1.54, 1.807) is 0 Å². The lowest BCUT2D eigenvalue weighted by Crippen LogP contribution is -2.39. The summed E-state index contributed by atoms with van der Waals surface area (Å²) in [5.41, 5.74) is -1.31. The van der Waals surface area contributed by atoms with Crippen molar-refractivity contribution in [1.82, 2.24) is 4.90 Å². The van der Waals surface area contributed by atoms with Crippen LogP contribution in [0.25, 0.3) is 0 Å². The fourth-order valence-corrected chi connectivity index (χ4v) is 3.50. The number of halogens is 1. The Morgan fingerprint density at radius 2 is 2.00 bits per heavy atom. The summed E-state index contributed by atoms with van der Waals surface area (Å²) in [7, 11) is 0. The van der Waals surface area contributed by atoms with Gasteiger partial charge in [-0.05, 0) is 30.0 Å². The largest absolute Gasteiger partial charge is 0.486 e. The maximum Gasteiger partial charge on any atom is 0.343 e. The fourth-order valence-electron chi connectivity index (χ4n) is 3.50. The van der Waals surface area contributed by atoms with Crippen LogP contribution >= 0.6 is 0 Å². The fraction of sp³-hybridized carbons (Fsp3) is 0.529. The van der Waals surface area contributed by atoms with Gasteiger partial charge in [0.15, 0.2) is 11.5 Å². The Labute approximate surface area is 138 Å². The monoisotopic (exact) mass is 335 g/mol. The number of hydrogen-bond acceptors (Lipinski definition) is 4. The molecule has 1 amide bonds. The summed E-state index contributed by atoms with van der Waals surface area (Å²) in [5, 5.41) is 8.93. The summed E-state index contributed by atoms with van der Waals surface area (Å²) in [4.78, 5) is 24.8. The summed E-state index contributed by atoms with van der Waals surface area (Å²) in [6, 6.07) is 5.66. The van der Waals surface area contributed by atoms with Gasteiger partial charge in [-0.1, -0.05) is 6.07 Å². The number of amides is 1. The molecule has 1 aromatic rings. The zero-order chi connectivity index (χ0) is 16.9. The van der Waals surface area contributed by atoms with Crippen molar-refractivity contribution < 1.29 is 28.6 Å². The van der Waals surface area contributed by atoms with Crippen molar-refractivity contribution >= 4 is 11.9 Å². The van der Waals surface area contributed by atoms with Gasteiger partial charge in [-0.2, -0.15) is 0 Å². The molecular weight excluding hydrogens is 317 g/mol. The van der Waals surface area contributed by atoms with Gasteiger partial charge in [0.05, 0.1) is 6.54 Å². The van der Waals surface area contributed by atoms with Crippen molar-refractivity contribution in [3.05, 3.63) is 23.8 Å². The standard InChI is InChI=1S/C17H18FNO5/c18-17(16(21)22)3-4-19(9-17)15(20)12-8-11(12)10-1-2-13-14(7-10)24-6-5-23-13/h1-2,7,11-12H,3-6,8-9H2,(H,21,22). The second-order valence-electron chi connectivity index (χ2n) is 6.63. The molecule has 1 saturated heterocycles. The van der Waals surface area contributed by atoms with Gasteiger partial charge in [0.25, 0.3) is 0 Å². The number of aliphatic carboxylic acids is 1. The first kappa shape index (κ1) is 15.2. The Bertz CT molecular complexity index is 708. The minimum atomic E-state index is -2.31. The lowest BCUT2D eigenvalue weighted by Gasteiger charge is -2.19. The molecule has 4 rings (SSSR count). The SMILES string of the molecule is O=C(C1CC1c1ccc2c(c1)OCCO2)N1CCC(F)(C(=O)O)C1. The number of benzene rings is 1. The van der Waals surface area contributed by atoms with Gasteiger partial charge in [0.1, 0.15) is 13.2 Å². The van der Waals surface area contributed by atoms with E-state index in [9.17, 15) is 14.0 Å². The van der Waals surface area contributed by atoms with Crippen LogP contribution in [0.15, 0.2) is 18.2 Å². The Morgan fingerprint density at radius 1 is 1.25 bits per heavy atom. The number of fused-ring (bicyclic) bond motifs is 1. The van der Waals surface area contributed by atoms with Gasteiger partial charge in [0, 0.05) is 18.9 Å². The topological polar surface area (TPSA) is 76.1 Å². The Hall–Kier alpha value is -2.31. The molecule has 3 unspecified atom stereocenters. The third-order valence-corrected chi connectivity index (χ3v) is 5.02. The summed E-state index contributed by atoms with van der Waals surface area (Å²) < 4.78 is 25.2. The van der Waals surface area contributed by atoms with Crippen LogP contribution in [0.3, 0.4) is 0 Å². The number of likely N-dealkylation sites (tertiary alicyclic amines) is 1. The van der Waals surface area contributed by atoms with Crippen LogP contribution < -0.4 is 9.47 Å². The van der Waals surface area contributed by atoms with E-state index in [2.05, 4.69) is 0 Å². The highest BCUT2D eigenvalue weighted by Crippen LogP contribution is 2.50. The molecule has 6 nitrogen and oxygen atoms in total. The molecule has 0 aromatic heterocycles. The lowest BCUT2D eigenvalue weighted by molar-refractivity contribution is -0.150. The van der Waals surface area contributed by atoms with E-state index in [4.69, 9.17) is 14.6 Å². The number of carbonyl (C=O) groups excluding carboxylic acids is 1. The second-order valence-corrected chi connectivity index (χ2v) is 6.63. The average Bonchev–Trinajstić information content (AvgIpc) is 3.28. The van der Waals surface area contributed by atoms with Crippen LogP contribution in [0.4, 0.5) is 4.39 Å². The molecule has 1 saturated carbocycles. The molecule has 0 spiro atoms. The normalized spacial score (nSPS) is 31.0. The number of ether oxygens (including phenoxy) is 2. The molecule has 3 aliphatic rings. The van der Waals surface area contributed by atoms with Gasteiger partial charge in [-0.3, -0.25) is 4.79 Å². The average molecular weight is 335 g/mol. The van der Waals surface area contributed by atoms with Gasteiger partial charge in [-0.25, -0.2) is 9.18 Å². The number of rotatable bonds is 3. The van der Waals surface area contributed by atoms with Crippen LogP contribution in [0.5, 0.6) is 11.5 Å². The zero-order valence-electron chi connectivity index (χ0n) is 13.0. The molecule has 2 aliphatic heterocycles. The number of carboxylic acids is 1. The van der Waals surface area contributed by atoms with Crippen LogP contribution in [-0.4, -0.2) is 53.9 Å². The van der Waals surface area contributed by atoms with Crippen molar-refractivity contribution in [2.45, 2.75) is 24.4 Å². The van der Waals surface area contributed by atoms with Gasteiger partial charge in [0.2, 0.25) is 11.6 Å². The van der Waals surface area contributed by atoms with Crippen molar-refractivity contribution in [2.75, 3.05) is 26.3 Å². The minimum Gasteiger partial charge on any atom is -0.486 e. The molecule has 0 radical (unpaired) electrons. The first-order chi connectivity index (χ1) is 11.5. The van der Waals surface area contributed by atoms with E-state index in [1.165, 1.54) is 4.90 Å². The number of carboxylic acid groups (broad SMARTS) is 1. The molecule has 24 heavy (non-hydrogen) atoms. The van der Waals surface area contributed by atoms with Crippen molar-refractivity contribution in [1.29, 1.82) is 0 Å². The molecule has 7 heteroatoms. The Balaban J connectivity index is 1.43. The quantitative estimate of drug-likeness (QED) is 0.908. The van der Waals surface area contributed by atoms with Crippen LogP contribution in [-0.2, 0) is 9.59 Å². The molecular formula is C17H18FNO5. The third kappa shape index (κ3) is 2.48. The minimum absolute atomic E-state index is 0.0766. The predicted octanol–water partition coefficient (Wildman–Crippen LogP) is 1.59. The Kier molecular flexibility index (Phi) is 3.40. The van der Waals surface area contributed by atoms with E-state index >= 15 is 0 Å². The zero-order valence-corrected chi connectivity index (χ0v) is 13.0. The first-order valence-corrected chi connectivity index (χ1v) is 8.08. The molecule has 3 atom stereocenters. The molecule has 1 aromatic carbocycles. The highest BCUT2D eigenvalue weighted by molar-refractivity contribution is 5.86. The molecule has 1 N–H and O–H groups in total. The Morgan fingerprint density at radius 3 is 2.71 bits per heavy atom. The van der Waals surface area contributed by atoms with E-state index < -0.39 is 11.6 Å². The molecule has 128 valence electrons. The van der Waals surface area contributed by atoms with Gasteiger partial charge in [-0.15, -0.1) is 0 Å². The maximum absolute atomic E-state index is 14.1. The number of carbonyl (C=O) groups is 2. The lowest BCUT2D eigenvalue weighted by atomic mass is 10.1. The van der Waals surface area contributed by atoms with E-state index in [-0.39, 0.29) is 37.3 Å². The van der Waals surface area contributed by atoms with E-state index in [0.717, 1.165) is 5.56 Å². The summed E-state index contributed by atoms with van der Waals surface area (Å²) in [5.74, 6) is -0.382. The smallest absolute Gasteiger partial charge is 0.343 e. The molecule has 1 aliphatic carbocycles. The number of alkyl halides is 1. The number of hydrogen-bond donors (Lipinski definition) is 1. The van der Waals surface area contributed by atoms with Crippen LogP contribution in [0.1, 0.15) is 24.3 Å². The molecule has 0 bridgehead atoms. The van der Waals surface area contributed by atoms with Crippen molar-refractivity contribution in [3.8, 4) is 11.5 Å². The van der Waals surface area contributed by atoms with Crippen molar-refractivity contribution in [3.63, 3.8) is 0 Å². The van der Waals surface area contributed by atoms with Crippen LogP contribution in [0, 0.1) is 5.92 Å². The van der Waals surface area contributed by atoms with E-state index in [1.807, 2.05) is 18.2 Å². The molecule has 2 fully saturated rings. The highest BCUT2D eigenvalue weighted by Gasteiger charge is 2.52. The first-order valence-electron chi connectivity index (χ1n) is 8.08. The number of nitrogens with zero attached hydrogens (tertiary/aromatic N) is 1. The van der Waals surface area contributed by atoms with E-state index in [0.29, 0.717) is 31.1 Å². The summed E-state index contributed by atoms with van der Waals surface area (Å²) >= 11 is 0. The maximum atomic E-state index is 14.1. The summed E-state index contributed by atoms with van der Waals surface area (Å²) in [6.45, 7) is 0.836. The second kappa shape index (κ2) is 5.36. The van der Waals surface area contributed by atoms with Crippen LogP contribution in [0.2, 0.25) is 0 Å². The highest BCUT2D eigenvalue weighted by atomic mass is 19.1. The van der Waals surface area contributed by atoms with Gasteiger partial charge < -0.3 is 19.5 Å². The van der Waals surface area contributed by atoms with Gasteiger partial charge >= 0.3 is 5.97 Å².